The highest BCUT2D eigenvalue weighted by Crippen LogP contribution is 2.44. The van der Waals surface area contributed by atoms with E-state index in [9.17, 15) is 9.90 Å². The number of imidazole rings is 1. The van der Waals surface area contributed by atoms with Gasteiger partial charge in [-0.1, -0.05) is 12.2 Å². The Morgan fingerprint density at radius 1 is 1.27 bits per heavy atom. The first-order valence-corrected chi connectivity index (χ1v) is 8.28. The van der Waals surface area contributed by atoms with Gasteiger partial charge in [-0.25, -0.2) is 4.98 Å². The van der Waals surface area contributed by atoms with E-state index in [0.29, 0.717) is 50.2 Å². The summed E-state index contributed by atoms with van der Waals surface area (Å²) in [6, 6.07) is 0. The maximum atomic E-state index is 12.7. The van der Waals surface area contributed by atoms with Gasteiger partial charge in [0.15, 0.2) is 0 Å². The highest BCUT2D eigenvalue weighted by atomic mass is 16.3. The molecule has 5 heteroatoms. The van der Waals surface area contributed by atoms with Crippen LogP contribution in [-0.4, -0.2) is 44.2 Å². The first kappa shape index (κ1) is 14.0. The molecular weight excluding hydrogens is 278 g/mol. The molecule has 118 valence electrons. The monoisotopic (exact) mass is 301 g/mol. The maximum absolute atomic E-state index is 12.7. The van der Waals surface area contributed by atoms with Gasteiger partial charge in [0.1, 0.15) is 0 Å². The average Bonchev–Trinajstić information content (AvgIpc) is 3.24. The number of aromatic nitrogens is 2. The topological polar surface area (TPSA) is 58.4 Å². The van der Waals surface area contributed by atoms with E-state index in [1.807, 2.05) is 15.7 Å². The van der Waals surface area contributed by atoms with Gasteiger partial charge < -0.3 is 14.6 Å². The predicted octanol–water partition coefficient (Wildman–Crippen LogP) is 1.45. The van der Waals surface area contributed by atoms with Crippen molar-refractivity contribution < 1.29 is 9.90 Å². The molecule has 3 aliphatic rings. The number of hydrogen-bond donors (Lipinski definition) is 1. The molecule has 4 rings (SSSR count). The molecule has 2 aliphatic carbocycles. The molecule has 2 fully saturated rings. The summed E-state index contributed by atoms with van der Waals surface area (Å²) in [6.45, 7) is 1.90. The molecule has 1 aromatic heterocycles. The SMILES string of the molecule is O=C([C@@H]1C[C@@H]2C=C[C@H]1C2)N1CCC(O)(Cn2ccnc2)CC1. The summed E-state index contributed by atoms with van der Waals surface area (Å²) < 4.78 is 1.91. The molecule has 0 spiro atoms. The van der Waals surface area contributed by atoms with Crippen LogP contribution in [0.15, 0.2) is 30.9 Å². The lowest BCUT2D eigenvalue weighted by molar-refractivity contribution is -0.141. The smallest absolute Gasteiger partial charge is 0.226 e. The van der Waals surface area contributed by atoms with Crippen molar-refractivity contribution in [1.82, 2.24) is 14.5 Å². The van der Waals surface area contributed by atoms with Crippen LogP contribution in [-0.2, 0) is 11.3 Å². The Morgan fingerprint density at radius 2 is 2.09 bits per heavy atom. The van der Waals surface area contributed by atoms with Gasteiger partial charge in [0.2, 0.25) is 5.91 Å². The van der Waals surface area contributed by atoms with Crippen molar-refractivity contribution in [3.63, 3.8) is 0 Å². The van der Waals surface area contributed by atoms with Gasteiger partial charge in [-0.2, -0.15) is 0 Å². The van der Waals surface area contributed by atoms with Gasteiger partial charge in [0, 0.05) is 31.4 Å². The molecule has 22 heavy (non-hydrogen) atoms. The third-order valence-corrected chi connectivity index (χ3v) is 5.64. The number of fused-ring (bicyclic) bond motifs is 2. The van der Waals surface area contributed by atoms with Crippen molar-refractivity contribution >= 4 is 5.91 Å². The minimum absolute atomic E-state index is 0.190. The predicted molar refractivity (Wildman–Crippen MR) is 81.8 cm³/mol. The van der Waals surface area contributed by atoms with E-state index in [4.69, 9.17) is 0 Å². The van der Waals surface area contributed by atoms with Gasteiger partial charge >= 0.3 is 0 Å². The summed E-state index contributed by atoms with van der Waals surface area (Å²) >= 11 is 0. The number of likely N-dealkylation sites (tertiary alicyclic amines) is 1. The number of amides is 1. The highest BCUT2D eigenvalue weighted by Gasteiger charge is 2.43. The quantitative estimate of drug-likeness (QED) is 0.860. The van der Waals surface area contributed by atoms with Crippen molar-refractivity contribution in [2.24, 2.45) is 17.8 Å². The number of allylic oxidation sites excluding steroid dienone is 2. The van der Waals surface area contributed by atoms with Crippen molar-refractivity contribution in [3.8, 4) is 0 Å². The molecule has 1 saturated heterocycles. The van der Waals surface area contributed by atoms with E-state index in [1.165, 1.54) is 0 Å². The van der Waals surface area contributed by atoms with Crippen LogP contribution in [0.1, 0.15) is 25.7 Å². The van der Waals surface area contributed by atoms with Crippen molar-refractivity contribution in [3.05, 3.63) is 30.9 Å². The van der Waals surface area contributed by atoms with E-state index in [-0.39, 0.29) is 5.92 Å². The largest absolute Gasteiger partial charge is 0.388 e. The standard InChI is InChI=1S/C17H23N3O2/c21-16(15-10-13-1-2-14(15)9-13)20-6-3-17(22,4-7-20)11-19-8-5-18-12-19/h1-2,5,8,12-15,22H,3-4,6-7,9-11H2/t13-,14+,15-/m1/s1. The van der Waals surface area contributed by atoms with E-state index in [1.54, 1.807) is 12.5 Å². The Labute approximate surface area is 130 Å². The zero-order valence-corrected chi connectivity index (χ0v) is 12.8. The molecule has 5 nitrogen and oxygen atoms in total. The van der Waals surface area contributed by atoms with E-state index >= 15 is 0 Å². The summed E-state index contributed by atoms with van der Waals surface area (Å²) in [7, 11) is 0. The first-order valence-electron chi connectivity index (χ1n) is 8.28. The van der Waals surface area contributed by atoms with Gasteiger partial charge in [0.05, 0.1) is 18.5 Å². The minimum atomic E-state index is -0.716. The van der Waals surface area contributed by atoms with Crippen LogP contribution in [0.2, 0.25) is 0 Å². The first-order chi connectivity index (χ1) is 10.6. The zero-order chi connectivity index (χ0) is 15.2. The molecule has 2 heterocycles. The second-order valence-electron chi connectivity index (χ2n) is 7.17. The third kappa shape index (κ3) is 2.47. The fourth-order valence-electron chi connectivity index (χ4n) is 4.32. The summed E-state index contributed by atoms with van der Waals surface area (Å²) in [5.41, 5.74) is -0.716. The van der Waals surface area contributed by atoms with E-state index in [0.717, 1.165) is 12.8 Å². The molecule has 1 aliphatic heterocycles. The van der Waals surface area contributed by atoms with Gasteiger partial charge in [0.25, 0.3) is 0 Å². The number of piperidine rings is 1. The molecule has 1 saturated carbocycles. The minimum Gasteiger partial charge on any atom is -0.388 e. The Balaban J connectivity index is 1.35. The van der Waals surface area contributed by atoms with Crippen LogP contribution in [0.3, 0.4) is 0 Å². The summed E-state index contributed by atoms with van der Waals surface area (Å²) in [5.74, 6) is 1.59. The molecule has 1 amide bonds. The average molecular weight is 301 g/mol. The van der Waals surface area contributed by atoms with Crippen molar-refractivity contribution in [1.29, 1.82) is 0 Å². The molecule has 0 radical (unpaired) electrons. The maximum Gasteiger partial charge on any atom is 0.226 e. The highest BCUT2D eigenvalue weighted by molar-refractivity contribution is 5.80. The van der Waals surface area contributed by atoms with E-state index < -0.39 is 5.60 Å². The molecule has 1 aromatic rings. The van der Waals surface area contributed by atoms with Crippen molar-refractivity contribution in [2.75, 3.05) is 13.1 Å². The zero-order valence-electron chi connectivity index (χ0n) is 12.8. The molecule has 0 unspecified atom stereocenters. The molecular formula is C17H23N3O2. The second kappa shape index (κ2) is 5.23. The van der Waals surface area contributed by atoms with Crippen LogP contribution < -0.4 is 0 Å². The summed E-state index contributed by atoms with van der Waals surface area (Å²) in [5, 5.41) is 10.7. The summed E-state index contributed by atoms with van der Waals surface area (Å²) in [4.78, 5) is 18.7. The van der Waals surface area contributed by atoms with Crippen LogP contribution in [0.4, 0.5) is 0 Å². The Kier molecular flexibility index (Phi) is 3.33. The lowest BCUT2D eigenvalue weighted by Gasteiger charge is -2.39. The number of nitrogens with zero attached hydrogens (tertiary/aromatic N) is 3. The van der Waals surface area contributed by atoms with Crippen LogP contribution in [0.25, 0.3) is 0 Å². The van der Waals surface area contributed by atoms with Crippen LogP contribution in [0, 0.1) is 17.8 Å². The second-order valence-corrected chi connectivity index (χ2v) is 7.17. The number of rotatable bonds is 3. The summed E-state index contributed by atoms with van der Waals surface area (Å²) in [6.07, 6.45) is 13.3. The van der Waals surface area contributed by atoms with Gasteiger partial charge in [-0.05, 0) is 37.5 Å². The normalized spacial score (nSPS) is 32.6. The van der Waals surface area contributed by atoms with Gasteiger partial charge in [-0.15, -0.1) is 0 Å². The fraction of sp³-hybridized carbons (Fsp3) is 0.647. The van der Waals surface area contributed by atoms with E-state index in [2.05, 4.69) is 17.1 Å². The lowest BCUT2D eigenvalue weighted by Crippen LogP contribution is -2.50. The fourth-order valence-corrected chi connectivity index (χ4v) is 4.32. The Morgan fingerprint density at radius 3 is 2.68 bits per heavy atom. The van der Waals surface area contributed by atoms with Crippen molar-refractivity contribution in [2.45, 2.75) is 37.8 Å². The molecule has 2 bridgehead atoms. The van der Waals surface area contributed by atoms with Gasteiger partial charge in [-0.3, -0.25) is 4.79 Å². The van der Waals surface area contributed by atoms with Crippen LogP contribution >= 0.6 is 0 Å². The number of aliphatic hydroxyl groups is 1. The Bertz CT molecular complexity index is 573. The number of carbonyl (C=O) groups is 1. The lowest BCUT2D eigenvalue weighted by atomic mass is 9.88. The molecule has 1 N–H and O–H groups in total. The van der Waals surface area contributed by atoms with Crippen LogP contribution in [0.5, 0.6) is 0 Å². The molecule has 3 atom stereocenters. The molecule has 0 aromatic carbocycles. The number of carbonyl (C=O) groups excluding carboxylic acids is 1. The Hall–Kier alpha value is -1.62. The number of hydrogen-bond acceptors (Lipinski definition) is 3. The third-order valence-electron chi connectivity index (χ3n) is 5.64.